The molecule has 0 unspecified atom stereocenters. The number of hydrogen-bond acceptors (Lipinski definition) is 5. The van der Waals surface area contributed by atoms with Crippen molar-refractivity contribution in [1.82, 2.24) is 15.0 Å². The second-order valence-electron chi connectivity index (χ2n) is 5.74. The van der Waals surface area contributed by atoms with Crippen LogP contribution in [0.3, 0.4) is 0 Å². The van der Waals surface area contributed by atoms with E-state index in [1.165, 1.54) is 12.1 Å². The average molecular weight is 310 g/mol. The summed E-state index contributed by atoms with van der Waals surface area (Å²) in [6.45, 7) is 5.75. The van der Waals surface area contributed by atoms with Gasteiger partial charge < -0.3 is 5.11 Å². The smallest absolute Gasteiger partial charge is 0.238 e. The van der Waals surface area contributed by atoms with Gasteiger partial charge in [0, 0.05) is 5.41 Å². The Hall–Kier alpha value is -1.77. The second kappa shape index (κ2) is 5.21. The predicted molar refractivity (Wildman–Crippen MR) is 77.4 cm³/mol. The van der Waals surface area contributed by atoms with Gasteiger partial charge in [-0.1, -0.05) is 26.0 Å². The number of aliphatic hydroxyl groups is 1. The third kappa shape index (κ3) is 3.12. The largest absolute Gasteiger partial charge is 0.390 e. The van der Waals surface area contributed by atoms with Crippen molar-refractivity contribution in [2.75, 3.05) is 0 Å². The Labute approximate surface area is 123 Å². The number of nitrogens with two attached hydrogens (primary N) is 1. The number of nitrogens with zero attached hydrogens (tertiary/aromatic N) is 3. The molecule has 7 nitrogen and oxygen atoms in total. The lowest BCUT2D eigenvalue weighted by atomic mass is 9.90. The highest BCUT2D eigenvalue weighted by molar-refractivity contribution is 7.89. The summed E-state index contributed by atoms with van der Waals surface area (Å²) in [5.74, 6) is 0. The van der Waals surface area contributed by atoms with E-state index in [-0.39, 0.29) is 16.9 Å². The fourth-order valence-corrected chi connectivity index (χ4v) is 2.64. The molecule has 0 spiro atoms. The van der Waals surface area contributed by atoms with Crippen molar-refractivity contribution < 1.29 is 13.5 Å². The standard InChI is InChI=1S/C13H18N4O3S/c1-13(2,3)12-11(8-18)15-16-17(12)9-4-6-10(7-5-9)21(14,19)20/h4-7,18H,8H2,1-3H3,(H2,14,19,20). The first-order chi connectivity index (χ1) is 9.64. The summed E-state index contributed by atoms with van der Waals surface area (Å²) in [6.07, 6.45) is 0. The van der Waals surface area contributed by atoms with E-state index in [0.717, 1.165) is 5.69 Å². The van der Waals surface area contributed by atoms with Gasteiger partial charge in [0.2, 0.25) is 10.0 Å². The highest BCUT2D eigenvalue weighted by atomic mass is 32.2. The van der Waals surface area contributed by atoms with Gasteiger partial charge in [-0.3, -0.25) is 0 Å². The number of sulfonamides is 1. The van der Waals surface area contributed by atoms with Crippen molar-refractivity contribution in [1.29, 1.82) is 0 Å². The van der Waals surface area contributed by atoms with E-state index in [1.54, 1.807) is 16.8 Å². The van der Waals surface area contributed by atoms with Crippen LogP contribution in [0.5, 0.6) is 0 Å². The molecule has 0 fully saturated rings. The van der Waals surface area contributed by atoms with E-state index in [0.29, 0.717) is 11.4 Å². The Morgan fingerprint density at radius 2 is 1.81 bits per heavy atom. The van der Waals surface area contributed by atoms with Crippen molar-refractivity contribution in [3.8, 4) is 5.69 Å². The molecule has 0 aliphatic rings. The SMILES string of the molecule is CC(C)(C)c1c(CO)nnn1-c1ccc(S(N)(=O)=O)cc1. The molecule has 0 amide bonds. The highest BCUT2D eigenvalue weighted by Gasteiger charge is 2.25. The van der Waals surface area contributed by atoms with Crippen LogP contribution in [-0.4, -0.2) is 28.5 Å². The monoisotopic (exact) mass is 310 g/mol. The van der Waals surface area contributed by atoms with Crippen LogP contribution in [0.1, 0.15) is 32.2 Å². The Morgan fingerprint density at radius 1 is 1.24 bits per heavy atom. The molecule has 8 heteroatoms. The molecule has 21 heavy (non-hydrogen) atoms. The first kappa shape index (κ1) is 15.6. The summed E-state index contributed by atoms with van der Waals surface area (Å²) in [5, 5.41) is 22.5. The number of benzene rings is 1. The third-order valence-corrected chi connectivity index (χ3v) is 3.94. The predicted octanol–water partition coefficient (Wildman–Crippen LogP) is 0.704. The third-order valence-electron chi connectivity index (χ3n) is 3.01. The van der Waals surface area contributed by atoms with Crippen LogP contribution >= 0.6 is 0 Å². The van der Waals surface area contributed by atoms with Crippen molar-refractivity contribution in [3.05, 3.63) is 35.7 Å². The van der Waals surface area contributed by atoms with Gasteiger partial charge in [-0.2, -0.15) is 0 Å². The molecule has 0 saturated carbocycles. The summed E-state index contributed by atoms with van der Waals surface area (Å²) in [7, 11) is -3.73. The number of aromatic nitrogens is 3. The molecule has 2 rings (SSSR count). The van der Waals surface area contributed by atoms with Gasteiger partial charge in [-0.25, -0.2) is 18.2 Å². The van der Waals surface area contributed by atoms with E-state index < -0.39 is 10.0 Å². The maximum Gasteiger partial charge on any atom is 0.238 e. The topological polar surface area (TPSA) is 111 Å². The number of hydrogen-bond donors (Lipinski definition) is 2. The summed E-state index contributed by atoms with van der Waals surface area (Å²) in [6, 6.07) is 6.03. The lowest BCUT2D eigenvalue weighted by Gasteiger charge is -2.21. The molecule has 2 aromatic rings. The quantitative estimate of drug-likeness (QED) is 0.867. The van der Waals surface area contributed by atoms with Gasteiger partial charge in [0.05, 0.1) is 22.9 Å². The molecule has 3 N–H and O–H groups in total. The van der Waals surface area contributed by atoms with E-state index in [4.69, 9.17) is 5.14 Å². The van der Waals surface area contributed by atoms with Crippen molar-refractivity contribution in [2.24, 2.45) is 5.14 Å². The molecule has 0 saturated heterocycles. The second-order valence-corrected chi connectivity index (χ2v) is 7.30. The van der Waals surface area contributed by atoms with Crippen LogP contribution in [0.2, 0.25) is 0 Å². The van der Waals surface area contributed by atoms with Crippen LogP contribution in [0, 0.1) is 0 Å². The zero-order chi connectivity index (χ0) is 15.8. The van der Waals surface area contributed by atoms with Gasteiger partial charge in [-0.05, 0) is 24.3 Å². The number of primary sulfonamides is 1. The van der Waals surface area contributed by atoms with Gasteiger partial charge in [0.1, 0.15) is 5.69 Å². The fraction of sp³-hybridized carbons (Fsp3) is 0.385. The maximum absolute atomic E-state index is 11.3. The van der Waals surface area contributed by atoms with Gasteiger partial charge in [-0.15, -0.1) is 5.10 Å². The summed E-state index contributed by atoms with van der Waals surface area (Å²) < 4.78 is 24.1. The Balaban J connectivity index is 2.55. The minimum Gasteiger partial charge on any atom is -0.390 e. The highest BCUT2D eigenvalue weighted by Crippen LogP contribution is 2.27. The lowest BCUT2D eigenvalue weighted by Crippen LogP contribution is -2.19. The molecular weight excluding hydrogens is 292 g/mol. The van der Waals surface area contributed by atoms with Gasteiger partial charge in [0.15, 0.2) is 0 Å². The summed E-state index contributed by atoms with van der Waals surface area (Å²) >= 11 is 0. The Morgan fingerprint density at radius 3 is 2.24 bits per heavy atom. The van der Waals surface area contributed by atoms with Crippen molar-refractivity contribution in [3.63, 3.8) is 0 Å². The normalized spacial score (nSPS) is 12.6. The van der Waals surface area contributed by atoms with E-state index in [1.807, 2.05) is 20.8 Å². The molecule has 114 valence electrons. The first-order valence-corrected chi connectivity index (χ1v) is 7.88. The summed E-state index contributed by atoms with van der Waals surface area (Å²) in [5.41, 5.74) is 1.64. The van der Waals surface area contributed by atoms with Crippen LogP contribution in [0.15, 0.2) is 29.2 Å². The molecule has 1 heterocycles. The molecule has 1 aromatic heterocycles. The molecule has 0 radical (unpaired) electrons. The zero-order valence-corrected chi connectivity index (χ0v) is 12.9. The lowest BCUT2D eigenvalue weighted by molar-refractivity contribution is 0.273. The van der Waals surface area contributed by atoms with Crippen LogP contribution in [-0.2, 0) is 22.0 Å². The Kier molecular flexibility index (Phi) is 3.87. The summed E-state index contributed by atoms with van der Waals surface area (Å²) in [4.78, 5) is 0.0334. The van der Waals surface area contributed by atoms with E-state index in [9.17, 15) is 13.5 Å². The Bertz CT molecular complexity index is 743. The first-order valence-electron chi connectivity index (χ1n) is 6.34. The van der Waals surface area contributed by atoms with Crippen molar-refractivity contribution in [2.45, 2.75) is 37.7 Å². The minimum atomic E-state index is -3.73. The van der Waals surface area contributed by atoms with E-state index >= 15 is 0 Å². The van der Waals surface area contributed by atoms with Crippen LogP contribution in [0.4, 0.5) is 0 Å². The van der Waals surface area contributed by atoms with Gasteiger partial charge >= 0.3 is 0 Å². The zero-order valence-electron chi connectivity index (χ0n) is 12.1. The molecule has 0 atom stereocenters. The van der Waals surface area contributed by atoms with Crippen LogP contribution in [0.25, 0.3) is 5.69 Å². The number of rotatable bonds is 3. The van der Waals surface area contributed by atoms with Crippen molar-refractivity contribution >= 4 is 10.0 Å². The number of aliphatic hydroxyl groups excluding tert-OH is 1. The van der Waals surface area contributed by atoms with Crippen LogP contribution < -0.4 is 5.14 Å². The molecule has 1 aromatic carbocycles. The molecule has 0 bridgehead atoms. The molecular formula is C13H18N4O3S. The fourth-order valence-electron chi connectivity index (χ4n) is 2.13. The van der Waals surface area contributed by atoms with E-state index in [2.05, 4.69) is 10.3 Å². The van der Waals surface area contributed by atoms with Gasteiger partial charge in [0.25, 0.3) is 0 Å². The minimum absolute atomic E-state index is 0.0334. The maximum atomic E-state index is 11.3. The molecule has 0 aliphatic heterocycles. The average Bonchev–Trinajstić information content (AvgIpc) is 2.81. The molecule has 0 aliphatic carbocycles.